The van der Waals surface area contributed by atoms with Crippen molar-refractivity contribution in [2.24, 2.45) is 0 Å². The average molecular weight is 634 g/mol. The maximum atomic E-state index is 17.2. The number of nitriles is 1. The van der Waals surface area contributed by atoms with Gasteiger partial charge in [-0.15, -0.1) is 11.3 Å². The maximum Gasteiger partial charge on any atom is 0.227 e. The first-order valence-electron chi connectivity index (χ1n) is 15.6. The fourth-order valence-corrected chi connectivity index (χ4v) is 8.70. The lowest BCUT2D eigenvalue weighted by atomic mass is 9.88. The second kappa shape index (κ2) is 11.6. The minimum absolute atomic E-state index is 0.0805. The third-order valence-electron chi connectivity index (χ3n) is 9.60. The number of rotatable bonds is 7. The number of anilines is 3. The number of thiophene rings is 1. The number of nitrogen functional groups attached to an aromatic ring is 1. The molecule has 0 amide bonds. The van der Waals surface area contributed by atoms with Crippen LogP contribution in [0.4, 0.5) is 25.5 Å². The number of benzene rings is 1. The lowest BCUT2D eigenvalue weighted by molar-refractivity contribution is 0.111. The Labute approximate surface area is 265 Å². The molecule has 3 fully saturated rings. The quantitative estimate of drug-likeness (QED) is 0.356. The van der Waals surface area contributed by atoms with E-state index in [1.807, 2.05) is 6.92 Å². The molecule has 3 atom stereocenters. The van der Waals surface area contributed by atoms with Gasteiger partial charge in [0.25, 0.3) is 0 Å². The molecule has 0 radical (unpaired) electrons. The van der Waals surface area contributed by atoms with Crippen molar-refractivity contribution in [2.75, 3.05) is 48.3 Å². The van der Waals surface area contributed by atoms with Crippen molar-refractivity contribution in [3.05, 3.63) is 51.2 Å². The van der Waals surface area contributed by atoms with Crippen LogP contribution in [-0.4, -0.2) is 70.9 Å². The molecule has 0 saturated carbocycles. The number of hydrogen-bond acceptors (Lipinski definition) is 10. The minimum atomic E-state index is -0.580. The van der Waals surface area contributed by atoms with Crippen LogP contribution < -0.4 is 15.5 Å². The first-order valence-corrected chi connectivity index (χ1v) is 16.4. The number of nitrogens with zero attached hydrogens (tertiary/aromatic N) is 6. The second-order valence-corrected chi connectivity index (χ2v) is 13.6. The van der Waals surface area contributed by atoms with E-state index in [9.17, 15) is 10.4 Å². The summed E-state index contributed by atoms with van der Waals surface area (Å²) in [5.74, 6) is 0.0869. The summed E-state index contributed by atoms with van der Waals surface area (Å²) in [4.78, 5) is 17.0. The molecule has 6 heterocycles. The SMILES string of the molecule is C=C(c1c(/C(F)=C\C)sc(N)c1C#N)c1c2c(c3c(N4C5CCC4CN(CC(C)O)C5)nc(N4CCCC4)nc3c1F)COC2. The molecule has 236 valence electrons. The molecule has 9 nitrogen and oxygen atoms in total. The fraction of sp³-hybridized carbons (Fsp3) is 0.485. The van der Waals surface area contributed by atoms with E-state index in [0.717, 1.165) is 74.6 Å². The Morgan fingerprint density at radius 2 is 1.89 bits per heavy atom. The number of nitrogens with two attached hydrogens (primary N) is 1. The Balaban J connectivity index is 1.45. The van der Waals surface area contributed by atoms with Gasteiger partial charge in [0.15, 0.2) is 5.82 Å². The van der Waals surface area contributed by atoms with Crippen molar-refractivity contribution in [1.29, 1.82) is 5.26 Å². The van der Waals surface area contributed by atoms with E-state index in [1.165, 1.54) is 6.08 Å². The number of likely N-dealkylation sites (tertiary alicyclic amines) is 1. The molecule has 4 aliphatic heterocycles. The number of aromatic nitrogens is 2. The molecule has 2 aromatic heterocycles. The molecule has 2 bridgehead atoms. The Morgan fingerprint density at radius 1 is 1.20 bits per heavy atom. The highest BCUT2D eigenvalue weighted by Crippen LogP contribution is 2.48. The first kappa shape index (κ1) is 30.0. The zero-order chi connectivity index (χ0) is 31.6. The van der Waals surface area contributed by atoms with E-state index in [-0.39, 0.29) is 63.0 Å². The predicted molar refractivity (Wildman–Crippen MR) is 173 cm³/mol. The van der Waals surface area contributed by atoms with Gasteiger partial charge in [0.2, 0.25) is 5.95 Å². The molecule has 3 N–H and O–H groups in total. The zero-order valence-electron chi connectivity index (χ0n) is 25.6. The summed E-state index contributed by atoms with van der Waals surface area (Å²) in [5.41, 5.74) is 8.39. The number of fused-ring (bicyclic) bond motifs is 5. The molecule has 45 heavy (non-hydrogen) atoms. The van der Waals surface area contributed by atoms with Gasteiger partial charge >= 0.3 is 0 Å². The Morgan fingerprint density at radius 3 is 2.53 bits per heavy atom. The summed E-state index contributed by atoms with van der Waals surface area (Å²) in [6.07, 6.45) is 4.87. The molecular formula is C33H37F2N7O2S. The normalized spacial score (nSPS) is 22.4. The Bertz CT molecular complexity index is 1760. The number of aliphatic hydroxyl groups is 1. The van der Waals surface area contributed by atoms with Crippen LogP contribution in [0.25, 0.3) is 22.3 Å². The predicted octanol–water partition coefficient (Wildman–Crippen LogP) is 5.34. The first-order chi connectivity index (χ1) is 21.7. The third kappa shape index (κ3) is 4.88. The van der Waals surface area contributed by atoms with Crippen LogP contribution in [0.2, 0.25) is 0 Å². The van der Waals surface area contributed by atoms with Crippen molar-refractivity contribution in [2.45, 2.75) is 70.9 Å². The number of allylic oxidation sites excluding steroid dienone is 1. The fourth-order valence-electron chi connectivity index (χ4n) is 7.69. The summed E-state index contributed by atoms with van der Waals surface area (Å²) >= 11 is 0.954. The van der Waals surface area contributed by atoms with Gasteiger partial charge in [-0.2, -0.15) is 10.2 Å². The molecule has 0 aliphatic carbocycles. The van der Waals surface area contributed by atoms with Crippen LogP contribution in [-0.2, 0) is 18.0 Å². The van der Waals surface area contributed by atoms with Crippen molar-refractivity contribution >= 4 is 50.4 Å². The molecule has 3 aromatic rings. The molecule has 3 unspecified atom stereocenters. The van der Waals surface area contributed by atoms with Gasteiger partial charge in [-0.25, -0.2) is 13.8 Å². The highest BCUT2D eigenvalue weighted by atomic mass is 32.1. The maximum absolute atomic E-state index is 17.2. The molecule has 7 rings (SSSR count). The van der Waals surface area contributed by atoms with Crippen LogP contribution in [0.1, 0.15) is 72.2 Å². The van der Waals surface area contributed by atoms with E-state index in [0.29, 0.717) is 23.4 Å². The van der Waals surface area contributed by atoms with Gasteiger partial charge in [0.1, 0.15) is 28.2 Å². The number of ether oxygens (including phenoxy) is 1. The highest BCUT2D eigenvalue weighted by Gasteiger charge is 2.43. The van der Waals surface area contributed by atoms with Crippen LogP contribution in [0.15, 0.2) is 12.7 Å². The van der Waals surface area contributed by atoms with Crippen molar-refractivity contribution < 1.29 is 18.6 Å². The molecule has 1 aromatic carbocycles. The second-order valence-electron chi connectivity index (χ2n) is 12.5. The van der Waals surface area contributed by atoms with Gasteiger partial charge in [0, 0.05) is 55.9 Å². The number of aliphatic hydroxyl groups excluding tert-OH is 1. The van der Waals surface area contributed by atoms with Gasteiger partial charge in [-0.1, -0.05) is 12.7 Å². The van der Waals surface area contributed by atoms with E-state index in [4.69, 9.17) is 20.4 Å². The average Bonchev–Trinajstić information content (AvgIpc) is 3.82. The molecular weight excluding hydrogens is 596 g/mol. The van der Waals surface area contributed by atoms with E-state index in [2.05, 4.69) is 27.3 Å². The van der Waals surface area contributed by atoms with Crippen LogP contribution in [0.3, 0.4) is 0 Å². The van der Waals surface area contributed by atoms with Gasteiger partial charge < -0.3 is 25.4 Å². The van der Waals surface area contributed by atoms with Crippen molar-refractivity contribution in [1.82, 2.24) is 14.9 Å². The Kier molecular flexibility index (Phi) is 7.76. The van der Waals surface area contributed by atoms with Crippen LogP contribution in [0, 0.1) is 17.1 Å². The Hall–Kier alpha value is -3.63. The van der Waals surface area contributed by atoms with Gasteiger partial charge in [0.05, 0.1) is 35.1 Å². The van der Waals surface area contributed by atoms with Gasteiger partial charge in [-0.3, -0.25) is 4.90 Å². The molecule has 3 saturated heterocycles. The third-order valence-corrected chi connectivity index (χ3v) is 10.6. The monoisotopic (exact) mass is 633 g/mol. The minimum Gasteiger partial charge on any atom is -0.392 e. The molecule has 12 heteroatoms. The number of β-amino-alcohol motifs (C(OH)–C–C–N with tert-alkyl or cyclic N) is 1. The van der Waals surface area contributed by atoms with Gasteiger partial charge in [-0.05, 0) is 56.2 Å². The topological polar surface area (TPSA) is 115 Å². The summed E-state index contributed by atoms with van der Waals surface area (Å²) in [5, 5.41) is 20.9. The summed E-state index contributed by atoms with van der Waals surface area (Å²) in [7, 11) is 0. The van der Waals surface area contributed by atoms with Crippen LogP contribution >= 0.6 is 11.3 Å². The summed E-state index contributed by atoms with van der Waals surface area (Å²) in [6.45, 7) is 11.8. The molecule has 4 aliphatic rings. The summed E-state index contributed by atoms with van der Waals surface area (Å²) < 4.78 is 38.3. The van der Waals surface area contributed by atoms with E-state index in [1.54, 1.807) is 6.92 Å². The van der Waals surface area contributed by atoms with E-state index < -0.39 is 17.7 Å². The van der Waals surface area contributed by atoms with Crippen molar-refractivity contribution in [3.63, 3.8) is 0 Å². The summed E-state index contributed by atoms with van der Waals surface area (Å²) in [6, 6.07) is 2.42. The lowest BCUT2D eigenvalue weighted by Crippen LogP contribution is -2.55. The smallest absolute Gasteiger partial charge is 0.227 e. The molecule has 0 spiro atoms. The lowest BCUT2D eigenvalue weighted by Gasteiger charge is -2.42. The highest BCUT2D eigenvalue weighted by molar-refractivity contribution is 7.17. The van der Waals surface area contributed by atoms with Crippen LogP contribution in [0.5, 0.6) is 0 Å². The number of halogens is 2. The standard InChI is InChI=1S/C33H37F2N7O2S/c1-4-24(34)30-26(21(11-36)31(37)45-30)18(3)25-22-15-44-16-23(22)27-29(28(25)35)38-33(41-9-5-6-10-41)39-32(27)42-19-7-8-20(42)14-40(13-19)12-17(2)43/h4,17,19-20,43H,3,5-10,12-16,37H2,1-2H3/b24-4+. The largest absolute Gasteiger partial charge is 0.392 e. The number of hydrogen-bond donors (Lipinski definition) is 2. The van der Waals surface area contributed by atoms with Crippen molar-refractivity contribution in [3.8, 4) is 6.07 Å². The number of piperazine rings is 1. The van der Waals surface area contributed by atoms with E-state index >= 15 is 8.78 Å². The zero-order valence-corrected chi connectivity index (χ0v) is 26.4.